The van der Waals surface area contributed by atoms with Gasteiger partial charge < -0.3 is 10.1 Å². The average Bonchev–Trinajstić information content (AvgIpc) is 2.43. The summed E-state index contributed by atoms with van der Waals surface area (Å²) in [5, 5.41) is 3.36. The van der Waals surface area contributed by atoms with Crippen molar-refractivity contribution in [3.05, 3.63) is 58.1 Å². The summed E-state index contributed by atoms with van der Waals surface area (Å²) >= 11 is 3.47. The van der Waals surface area contributed by atoms with Crippen molar-refractivity contribution in [3.63, 3.8) is 0 Å². The van der Waals surface area contributed by atoms with E-state index in [1.165, 1.54) is 11.1 Å². The number of ether oxygens (including phenoxy) is 1. The molecule has 2 aromatic rings. The molecule has 0 aromatic heterocycles. The number of nitrogens with one attached hydrogen (secondary N) is 1. The molecule has 0 fully saturated rings. The van der Waals surface area contributed by atoms with Crippen LogP contribution in [0.2, 0.25) is 0 Å². The molecule has 0 atom stereocenters. The van der Waals surface area contributed by atoms with E-state index in [1.54, 1.807) is 0 Å². The van der Waals surface area contributed by atoms with E-state index in [9.17, 15) is 0 Å². The van der Waals surface area contributed by atoms with Gasteiger partial charge in [0.1, 0.15) is 12.4 Å². The first kappa shape index (κ1) is 15.9. The number of hydrogen-bond donors (Lipinski definition) is 1. The normalized spacial score (nSPS) is 10.7. The van der Waals surface area contributed by atoms with E-state index < -0.39 is 0 Å². The van der Waals surface area contributed by atoms with Crippen molar-refractivity contribution in [2.24, 2.45) is 0 Å². The highest BCUT2D eigenvalue weighted by molar-refractivity contribution is 9.10. The Bertz CT molecular complexity index is 596. The molecule has 3 heteroatoms. The summed E-state index contributed by atoms with van der Waals surface area (Å²) in [4.78, 5) is 0. The molecule has 0 bridgehead atoms. The molecule has 112 valence electrons. The molecule has 2 nitrogen and oxygen atoms in total. The Kier molecular flexibility index (Phi) is 5.68. The Morgan fingerprint density at radius 2 is 1.95 bits per heavy atom. The van der Waals surface area contributed by atoms with Crippen molar-refractivity contribution in [3.8, 4) is 5.75 Å². The lowest BCUT2D eigenvalue weighted by Crippen LogP contribution is -2.12. The minimum absolute atomic E-state index is 0.471. The number of halogens is 1. The Morgan fingerprint density at radius 1 is 1.14 bits per heavy atom. The third-order valence-corrected chi connectivity index (χ3v) is 3.80. The minimum Gasteiger partial charge on any atom is -0.491 e. The standard InChI is InChI=1S/C18H22BrNO/c1-13(2)17-8-7-14(3)11-18(17)21-10-9-20-16-6-4-5-15(19)12-16/h4-8,11-13,20H,9-10H2,1-3H3. The van der Waals surface area contributed by atoms with E-state index in [-0.39, 0.29) is 0 Å². The molecule has 0 aliphatic rings. The molecular formula is C18H22BrNO. The van der Waals surface area contributed by atoms with Crippen LogP contribution < -0.4 is 10.1 Å². The molecule has 21 heavy (non-hydrogen) atoms. The molecule has 0 saturated carbocycles. The van der Waals surface area contributed by atoms with E-state index in [4.69, 9.17) is 4.74 Å². The summed E-state index contributed by atoms with van der Waals surface area (Å²) in [7, 11) is 0. The Hall–Kier alpha value is -1.48. The van der Waals surface area contributed by atoms with Crippen LogP contribution in [-0.2, 0) is 0 Å². The second kappa shape index (κ2) is 7.51. The van der Waals surface area contributed by atoms with E-state index in [0.29, 0.717) is 12.5 Å². The lowest BCUT2D eigenvalue weighted by atomic mass is 10.0. The molecule has 0 amide bonds. The van der Waals surface area contributed by atoms with Crippen LogP contribution in [0.15, 0.2) is 46.9 Å². The van der Waals surface area contributed by atoms with Gasteiger partial charge in [-0.1, -0.05) is 48.0 Å². The van der Waals surface area contributed by atoms with Crippen molar-refractivity contribution in [2.75, 3.05) is 18.5 Å². The van der Waals surface area contributed by atoms with Gasteiger partial charge in [0, 0.05) is 16.7 Å². The summed E-state index contributed by atoms with van der Waals surface area (Å²) < 4.78 is 7.03. The topological polar surface area (TPSA) is 21.3 Å². The Labute approximate surface area is 135 Å². The third-order valence-electron chi connectivity index (χ3n) is 3.30. The average molecular weight is 348 g/mol. The maximum atomic E-state index is 5.96. The second-order valence-electron chi connectivity index (χ2n) is 5.48. The molecule has 0 saturated heterocycles. The Morgan fingerprint density at radius 3 is 2.67 bits per heavy atom. The zero-order valence-electron chi connectivity index (χ0n) is 12.8. The molecular weight excluding hydrogens is 326 g/mol. The van der Waals surface area contributed by atoms with Crippen LogP contribution in [0, 0.1) is 6.92 Å². The number of benzene rings is 2. The molecule has 0 unspecified atom stereocenters. The zero-order chi connectivity index (χ0) is 15.2. The van der Waals surface area contributed by atoms with Crippen LogP contribution in [0.3, 0.4) is 0 Å². The van der Waals surface area contributed by atoms with Crippen molar-refractivity contribution in [2.45, 2.75) is 26.7 Å². The first-order valence-corrected chi connectivity index (χ1v) is 8.08. The maximum absolute atomic E-state index is 5.96. The first-order chi connectivity index (χ1) is 10.1. The molecule has 2 aromatic carbocycles. The van der Waals surface area contributed by atoms with Gasteiger partial charge in [-0.15, -0.1) is 0 Å². The lowest BCUT2D eigenvalue weighted by Gasteiger charge is -2.15. The van der Waals surface area contributed by atoms with E-state index in [1.807, 2.05) is 12.1 Å². The molecule has 0 heterocycles. The minimum atomic E-state index is 0.471. The number of aryl methyl sites for hydroxylation is 1. The van der Waals surface area contributed by atoms with Gasteiger partial charge in [-0.2, -0.15) is 0 Å². The van der Waals surface area contributed by atoms with Crippen molar-refractivity contribution in [1.82, 2.24) is 0 Å². The molecule has 0 spiro atoms. The molecule has 0 aliphatic carbocycles. The number of anilines is 1. The van der Waals surface area contributed by atoms with Crippen LogP contribution in [0.25, 0.3) is 0 Å². The molecule has 0 radical (unpaired) electrons. The highest BCUT2D eigenvalue weighted by Crippen LogP contribution is 2.27. The summed E-state index contributed by atoms with van der Waals surface area (Å²) in [6.07, 6.45) is 0. The maximum Gasteiger partial charge on any atom is 0.123 e. The van der Waals surface area contributed by atoms with Gasteiger partial charge >= 0.3 is 0 Å². The van der Waals surface area contributed by atoms with Crippen LogP contribution in [0.4, 0.5) is 5.69 Å². The van der Waals surface area contributed by atoms with E-state index in [0.717, 1.165) is 22.5 Å². The fourth-order valence-corrected chi connectivity index (χ4v) is 2.60. The predicted molar refractivity (Wildman–Crippen MR) is 93.4 cm³/mol. The second-order valence-corrected chi connectivity index (χ2v) is 6.40. The van der Waals surface area contributed by atoms with Crippen LogP contribution >= 0.6 is 15.9 Å². The number of hydrogen-bond acceptors (Lipinski definition) is 2. The van der Waals surface area contributed by atoms with Gasteiger partial charge in [0.2, 0.25) is 0 Å². The largest absolute Gasteiger partial charge is 0.491 e. The van der Waals surface area contributed by atoms with Gasteiger partial charge in [0.25, 0.3) is 0 Å². The predicted octanol–water partition coefficient (Wildman–Crippen LogP) is 5.37. The quantitative estimate of drug-likeness (QED) is 0.709. The van der Waals surface area contributed by atoms with Gasteiger partial charge in [-0.3, -0.25) is 0 Å². The fraction of sp³-hybridized carbons (Fsp3) is 0.333. The number of rotatable bonds is 6. The monoisotopic (exact) mass is 347 g/mol. The van der Waals surface area contributed by atoms with Gasteiger partial charge in [0.05, 0.1) is 0 Å². The Balaban J connectivity index is 1.90. The van der Waals surface area contributed by atoms with Gasteiger partial charge in [0.15, 0.2) is 0 Å². The highest BCUT2D eigenvalue weighted by atomic mass is 79.9. The third kappa shape index (κ3) is 4.78. The zero-order valence-corrected chi connectivity index (χ0v) is 14.4. The first-order valence-electron chi connectivity index (χ1n) is 7.29. The van der Waals surface area contributed by atoms with E-state index in [2.05, 4.69) is 72.3 Å². The van der Waals surface area contributed by atoms with E-state index >= 15 is 0 Å². The van der Waals surface area contributed by atoms with Gasteiger partial charge in [-0.25, -0.2) is 0 Å². The summed E-state index contributed by atoms with van der Waals surface area (Å²) in [5.74, 6) is 1.47. The van der Waals surface area contributed by atoms with Crippen LogP contribution in [0.5, 0.6) is 5.75 Å². The lowest BCUT2D eigenvalue weighted by molar-refractivity contribution is 0.328. The molecule has 0 aliphatic heterocycles. The SMILES string of the molecule is Cc1ccc(C(C)C)c(OCCNc2cccc(Br)c2)c1. The highest BCUT2D eigenvalue weighted by Gasteiger charge is 2.07. The molecule has 1 N–H and O–H groups in total. The summed E-state index contributed by atoms with van der Waals surface area (Å²) in [5.41, 5.74) is 3.60. The molecule has 2 rings (SSSR count). The van der Waals surface area contributed by atoms with Crippen LogP contribution in [0.1, 0.15) is 30.9 Å². The summed E-state index contributed by atoms with van der Waals surface area (Å²) in [6, 6.07) is 14.6. The van der Waals surface area contributed by atoms with Crippen molar-refractivity contribution < 1.29 is 4.74 Å². The summed E-state index contributed by atoms with van der Waals surface area (Å²) in [6.45, 7) is 7.91. The smallest absolute Gasteiger partial charge is 0.123 e. The van der Waals surface area contributed by atoms with Crippen molar-refractivity contribution >= 4 is 21.6 Å². The fourth-order valence-electron chi connectivity index (χ4n) is 2.20. The van der Waals surface area contributed by atoms with Gasteiger partial charge in [-0.05, 0) is 48.2 Å². The van der Waals surface area contributed by atoms with Crippen LogP contribution in [-0.4, -0.2) is 13.2 Å². The van der Waals surface area contributed by atoms with Crippen molar-refractivity contribution in [1.29, 1.82) is 0 Å².